The van der Waals surface area contributed by atoms with Crippen LogP contribution in [0, 0.1) is 0 Å². The van der Waals surface area contributed by atoms with Crippen molar-refractivity contribution in [1.29, 1.82) is 0 Å². The quantitative estimate of drug-likeness (QED) is 0.272. The molecular formula is C15H11NO8. The minimum atomic E-state index is -1.58. The summed E-state index contributed by atoms with van der Waals surface area (Å²) in [6.45, 7) is 0. The average Bonchev–Trinajstić information content (AvgIpc) is 2.51. The van der Waals surface area contributed by atoms with Crippen LogP contribution < -0.4 is 5.32 Å². The highest BCUT2D eigenvalue weighted by Gasteiger charge is 2.22. The molecular weight excluding hydrogens is 322 g/mol. The summed E-state index contributed by atoms with van der Waals surface area (Å²) in [5, 5.41) is 48.5. The Hall–Kier alpha value is -3.75. The molecule has 0 aliphatic rings. The third kappa shape index (κ3) is 3.19. The lowest BCUT2D eigenvalue weighted by Gasteiger charge is -2.09. The number of hydrogen-bond acceptors (Lipinski definition) is 7. The van der Waals surface area contributed by atoms with Gasteiger partial charge in [0, 0.05) is 5.56 Å². The van der Waals surface area contributed by atoms with Gasteiger partial charge in [-0.3, -0.25) is 14.9 Å². The number of aromatic carboxylic acids is 1. The first-order valence-electron chi connectivity index (χ1n) is 6.37. The molecule has 9 heteroatoms. The summed E-state index contributed by atoms with van der Waals surface area (Å²) in [6.07, 6.45) is 0. The SMILES string of the molecule is O=C(NC(=O)c1cc(O)cc(C(=O)O)c1O)c1ccc(O)c(O)c1. The van der Waals surface area contributed by atoms with Crippen LogP contribution in [0.1, 0.15) is 31.1 Å². The molecule has 9 nitrogen and oxygen atoms in total. The van der Waals surface area contributed by atoms with E-state index >= 15 is 0 Å². The number of benzene rings is 2. The number of amides is 2. The van der Waals surface area contributed by atoms with Gasteiger partial charge in [-0.05, 0) is 30.3 Å². The average molecular weight is 333 g/mol. The molecule has 0 aliphatic heterocycles. The van der Waals surface area contributed by atoms with Gasteiger partial charge in [0.05, 0.1) is 5.56 Å². The summed E-state index contributed by atoms with van der Waals surface area (Å²) in [6, 6.07) is 4.60. The lowest BCUT2D eigenvalue weighted by molar-refractivity contribution is 0.0693. The van der Waals surface area contributed by atoms with Gasteiger partial charge in [-0.2, -0.15) is 0 Å². The first-order valence-corrected chi connectivity index (χ1v) is 6.37. The molecule has 2 rings (SSSR count). The summed E-state index contributed by atoms with van der Waals surface area (Å²) in [7, 11) is 0. The zero-order valence-corrected chi connectivity index (χ0v) is 11.8. The third-order valence-corrected chi connectivity index (χ3v) is 3.03. The number of imide groups is 1. The van der Waals surface area contributed by atoms with Gasteiger partial charge in [-0.15, -0.1) is 0 Å². The van der Waals surface area contributed by atoms with Crippen molar-refractivity contribution in [3.8, 4) is 23.0 Å². The minimum absolute atomic E-state index is 0.170. The number of phenolic OH excluding ortho intramolecular Hbond substituents is 3. The van der Waals surface area contributed by atoms with Gasteiger partial charge in [0.1, 0.15) is 17.1 Å². The molecule has 0 heterocycles. The Morgan fingerprint density at radius 2 is 1.42 bits per heavy atom. The van der Waals surface area contributed by atoms with Crippen molar-refractivity contribution in [2.45, 2.75) is 0 Å². The Labute approximate surface area is 134 Å². The number of carboxylic acid groups (broad SMARTS) is 1. The van der Waals surface area contributed by atoms with E-state index in [1.165, 1.54) is 0 Å². The van der Waals surface area contributed by atoms with Crippen molar-refractivity contribution in [3.63, 3.8) is 0 Å². The fraction of sp³-hybridized carbons (Fsp3) is 0. The van der Waals surface area contributed by atoms with E-state index in [4.69, 9.17) is 10.2 Å². The fourth-order valence-electron chi connectivity index (χ4n) is 1.86. The lowest BCUT2D eigenvalue weighted by atomic mass is 10.1. The van der Waals surface area contributed by atoms with E-state index in [1.54, 1.807) is 0 Å². The van der Waals surface area contributed by atoms with E-state index in [0.717, 1.165) is 30.3 Å². The predicted octanol–water partition coefficient (Wildman–Crippen LogP) is 0.777. The number of phenols is 4. The maximum absolute atomic E-state index is 12.0. The third-order valence-electron chi connectivity index (χ3n) is 3.03. The zero-order valence-electron chi connectivity index (χ0n) is 11.8. The predicted molar refractivity (Wildman–Crippen MR) is 78.3 cm³/mol. The molecule has 0 fully saturated rings. The van der Waals surface area contributed by atoms with Gasteiger partial charge in [0.15, 0.2) is 11.5 Å². The Kier molecular flexibility index (Phi) is 4.27. The standard InChI is InChI=1S/C15H11NO8/c17-7-4-8(12(20)9(5-7)15(23)24)14(22)16-13(21)6-1-2-10(18)11(19)3-6/h1-5,17-20H,(H,23,24)(H,16,21,22). The van der Waals surface area contributed by atoms with Crippen LogP contribution in [0.3, 0.4) is 0 Å². The van der Waals surface area contributed by atoms with Crippen molar-refractivity contribution in [2.75, 3.05) is 0 Å². The van der Waals surface area contributed by atoms with E-state index in [-0.39, 0.29) is 5.56 Å². The zero-order chi connectivity index (χ0) is 18.0. The molecule has 0 radical (unpaired) electrons. The Bertz CT molecular complexity index is 859. The van der Waals surface area contributed by atoms with E-state index in [0.29, 0.717) is 0 Å². The molecule has 0 bridgehead atoms. The Morgan fingerprint density at radius 3 is 2.00 bits per heavy atom. The molecule has 2 aromatic rings. The summed E-state index contributed by atoms with van der Waals surface area (Å²) >= 11 is 0. The fourth-order valence-corrected chi connectivity index (χ4v) is 1.86. The molecule has 2 aromatic carbocycles. The first-order chi connectivity index (χ1) is 11.2. The molecule has 0 unspecified atom stereocenters. The number of carbonyl (C=O) groups is 3. The molecule has 0 spiro atoms. The van der Waals surface area contributed by atoms with Crippen LogP contribution in [-0.4, -0.2) is 43.3 Å². The van der Waals surface area contributed by atoms with Crippen molar-refractivity contribution in [1.82, 2.24) is 5.32 Å². The Morgan fingerprint density at radius 1 is 0.792 bits per heavy atom. The van der Waals surface area contributed by atoms with Crippen LogP contribution in [0.5, 0.6) is 23.0 Å². The van der Waals surface area contributed by atoms with Gasteiger partial charge in [0.25, 0.3) is 11.8 Å². The topological polar surface area (TPSA) is 164 Å². The number of nitrogens with one attached hydrogen (secondary N) is 1. The Balaban J connectivity index is 2.31. The van der Waals surface area contributed by atoms with Gasteiger partial charge >= 0.3 is 5.97 Å². The highest BCUT2D eigenvalue weighted by molar-refractivity contribution is 6.12. The molecule has 6 N–H and O–H groups in total. The molecule has 0 saturated heterocycles. The molecule has 0 aliphatic carbocycles. The second kappa shape index (κ2) is 6.16. The first kappa shape index (κ1) is 16.6. The van der Waals surface area contributed by atoms with Crippen LogP contribution in [0.15, 0.2) is 30.3 Å². The summed E-state index contributed by atoms with van der Waals surface area (Å²) < 4.78 is 0. The van der Waals surface area contributed by atoms with Gasteiger partial charge in [-0.25, -0.2) is 4.79 Å². The molecule has 24 heavy (non-hydrogen) atoms. The normalized spacial score (nSPS) is 10.2. The van der Waals surface area contributed by atoms with Crippen LogP contribution in [-0.2, 0) is 0 Å². The van der Waals surface area contributed by atoms with Gasteiger partial charge < -0.3 is 25.5 Å². The summed E-state index contributed by atoms with van der Waals surface area (Å²) in [5.41, 5.74) is -1.50. The van der Waals surface area contributed by atoms with Crippen molar-refractivity contribution < 1.29 is 39.9 Å². The molecule has 0 atom stereocenters. The number of hydrogen-bond donors (Lipinski definition) is 6. The monoisotopic (exact) mass is 333 g/mol. The van der Waals surface area contributed by atoms with Gasteiger partial charge in [-0.1, -0.05) is 0 Å². The lowest BCUT2D eigenvalue weighted by Crippen LogP contribution is -2.30. The molecule has 2 amide bonds. The minimum Gasteiger partial charge on any atom is -0.508 e. The molecule has 124 valence electrons. The van der Waals surface area contributed by atoms with Crippen molar-refractivity contribution >= 4 is 17.8 Å². The van der Waals surface area contributed by atoms with E-state index in [9.17, 15) is 29.7 Å². The highest BCUT2D eigenvalue weighted by atomic mass is 16.4. The maximum atomic E-state index is 12.0. The van der Waals surface area contributed by atoms with Crippen LogP contribution in [0.2, 0.25) is 0 Å². The number of aromatic hydroxyl groups is 4. The molecule has 0 saturated carbocycles. The smallest absolute Gasteiger partial charge is 0.339 e. The highest BCUT2D eigenvalue weighted by Crippen LogP contribution is 2.28. The van der Waals surface area contributed by atoms with E-state index in [2.05, 4.69) is 0 Å². The van der Waals surface area contributed by atoms with E-state index in [1.807, 2.05) is 5.32 Å². The van der Waals surface area contributed by atoms with Crippen LogP contribution >= 0.6 is 0 Å². The second-order valence-electron chi connectivity index (χ2n) is 4.68. The van der Waals surface area contributed by atoms with E-state index < -0.39 is 51.9 Å². The molecule has 0 aromatic heterocycles. The number of carbonyl (C=O) groups excluding carboxylic acids is 2. The van der Waals surface area contributed by atoms with Crippen LogP contribution in [0.4, 0.5) is 0 Å². The number of rotatable bonds is 3. The van der Waals surface area contributed by atoms with Crippen molar-refractivity contribution in [2.24, 2.45) is 0 Å². The van der Waals surface area contributed by atoms with Crippen LogP contribution in [0.25, 0.3) is 0 Å². The number of carboxylic acids is 1. The van der Waals surface area contributed by atoms with Crippen molar-refractivity contribution in [3.05, 3.63) is 47.0 Å². The maximum Gasteiger partial charge on any atom is 0.339 e. The summed E-state index contributed by atoms with van der Waals surface area (Å²) in [4.78, 5) is 34.9. The largest absolute Gasteiger partial charge is 0.508 e. The summed E-state index contributed by atoms with van der Waals surface area (Å²) in [5.74, 6) is -6.27. The second-order valence-corrected chi connectivity index (χ2v) is 4.68. The van der Waals surface area contributed by atoms with Gasteiger partial charge in [0.2, 0.25) is 0 Å².